The molecule has 5 heteroatoms. The molecule has 1 aromatic carbocycles. The van der Waals surface area contributed by atoms with Gasteiger partial charge in [0.15, 0.2) is 0 Å². The number of aliphatic hydroxyl groups is 1. The van der Waals surface area contributed by atoms with Gasteiger partial charge in [0.25, 0.3) is 0 Å². The van der Waals surface area contributed by atoms with Crippen LogP contribution in [0.2, 0.25) is 5.02 Å². The van der Waals surface area contributed by atoms with E-state index in [1.54, 1.807) is 11.0 Å². The van der Waals surface area contributed by atoms with Gasteiger partial charge < -0.3 is 15.3 Å². The molecule has 2 N–H and O–H groups in total. The molecule has 0 unspecified atom stereocenters. The van der Waals surface area contributed by atoms with Crippen LogP contribution in [0.25, 0.3) is 0 Å². The maximum absolute atomic E-state index is 12.0. The standard InChI is InChI=1S/C14H21ClN2O2/c1-2-3-8-17(9-10-18)14(19)16-11-12-6-4-5-7-13(12)15/h4-7,18H,2-3,8-11H2,1H3,(H,16,19). The van der Waals surface area contributed by atoms with Crippen molar-refractivity contribution in [1.29, 1.82) is 0 Å². The highest BCUT2D eigenvalue weighted by Crippen LogP contribution is 2.14. The molecule has 0 saturated carbocycles. The fraction of sp³-hybridized carbons (Fsp3) is 0.500. The highest BCUT2D eigenvalue weighted by Gasteiger charge is 2.12. The molecule has 0 saturated heterocycles. The Morgan fingerprint density at radius 2 is 2.11 bits per heavy atom. The second-order valence-electron chi connectivity index (χ2n) is 4.31. The van der Waals surface area contributed by atoms with Gasteiger partial charge >= 0.3 is 6.03 Å². The van der Waals surface area contributed by atoms with Crippen molar-refractivity contribution in [3.05, 3.63) is 34.9 Å². The molecule has 0 aliphatic carbocycles. The summed E-state index contributed by atoms with van der Waals surface area (Å²) in [6.45, 7) is 3.45. The van der Waals surface area contributed by atoms with Crippen LogP contribution in [0.1, 0.15) is 25.3 Å². The van der Waals surface area contributed by atoms with Crippen LogP contribution in [-0.4, -0.2) is 35.7 Å². The van der Waals surface area contributed by atoms with E-state index in [4.69, 9.17) is 16.7 Å². The molecule has 1 rings (SSSR count). The molecule has 0 bridgehead atoms. The predicted molar refractivity (Wildman–Crippen MR) is 77.3 cm³/mol. The molecule has 0 aliphatic rings. The molecule has 0 heterocycles. The van der Waals surface area contributed by atoms with Gasteiger partial charge in [0, 0.05) is 24.7 Å². The summed E-state index contributed by atoms with van der Waals surface area (Å²) in [5.41, 5.74) is 0.886. The third-order valence-corrected chi connectivity index (χ3v) is 3.20. The molecular weight excluding hydrogens is 264 g/mol. The Labute approximate surface area is 119 Å². The zero-order chi connectivity index (χ0) is 14.1. The number of rotatable bonds is 7. The summed E-state index contributed by atoms with van der Waals surface area (Å²) in [7, 11) is 0. The molecule has 1 aromatic rings. The summed E-state index contributed by atoms with van der Waals surface area (Å²) in [6, 6.07) is 7.25. The second kappa shape index (κ2) is 8.77. The summed E-state index contributed by atoms with van der Waals surface area (Å²) in [4.78, 5) is 13.6. The van der Waals surface area contributed by atoms with Crippen LogP contribution in [-0.2, 0) is 6.54 Å². The number of carbonyl (C=O) groups is 1. The third kappa shape index (κ3) is 5.49. The number of unbranched alkanes of at least 4 members (excludes halogenated alkanes) is 1. The molecule has 4 nitrogen and oxygen atoms in total. The number of carbonyl (C=O) groups excluding carboxylic acids is 1. The molecular formula is C14H21ClN2O2. The summed E-state index contributed by atoms with van der Waals surface area (Å²) >= 11 is 6.03. The van der Waals surface area contributed by atoms with Crippen LogP contribution in [0.3, 0.4) is 0 Å². The molecule has 0 aromatic heterocycles. The number of hydrogen-bond donors (Lipinski definition) is 2. The van der Waals surface area contributed by atoms with Crippen LogP contribution >= 0.6 is 11.6 Å². The Hall–Kier alpha value is -1.26. The Bertz CT molecular complexity index is 399. The fourth-order valence-corrected chi connectivity index (χ4v) is 1.91. The van der Waals surface area contributed by atoms with Gasteiger partial charge in [-0.2, -0.15) is 0 Å². The Kier molecular flexibility index (Phi) is 7.30. The van der Waals surface area contributed by atoms with Crippen LogP contribution in [0.4, 0.5) is 4.79 Å². The normalized spacial score (nSPS) is 10.3. The minimum absolute atomic E-state index is 0.0246. The first-order chi connectivity index (χ1) is 9.19. The van der Waals surface area contributed by atoms with E-state index >= 15 is 0 Å². The maximum Gasteiger partial charge on any atom is 0.317 e. The summed E-state index contributed by atoms with van der Waals surface area (Å²) in [6.07, 6.45) is 1.94. The van der Waals surface area contributed by atoms with Gasteiger partial charge in [-0.25, -0.2) is 4.79 Å². The van der Waals surface area contributed by atoms with Crippen molar-refractivity contribution in [2.24, 2.45) is 0 Å². The van der Waals surface area contributed by atoms with Crippen LogP contribution in [0.15, 0.2) is 24.3 Å². The van der Waals surface area contributed by atoms with Crippen molar-refractivity contribution < 1.29 is 9.90 Å². The predicted octanol–water partition coefficient (Wildman–Crippen LogP) is 2.64. The summed E-state index contributed by atoms with van der Waals surface area (Å²) in [5.74, 6) is 0. The van der Waals surface area contributed by atoms with Crippen LogP contribution in [0, 0.1) is 0 Å². The van der Waals surface area contributed by atoms with E-state index in [9.17, 15) is 4.79 Å². The van der Waals surface area contributed by atoms with Crippen molar-refractivity contribution in [3.8, 4) is 0 Å². The van der Waals surface area contributed by atoms with Crippen molar-refractivity contribution >= 4 is 17.6 Å². The van der Waals surface area contributed by atoms with Gasteiger partial charge in [-0.15, -0.1) is 0 Å². The van der Waals surface area contributed by atoms with E-state index in [-0.39, 0.29) is 12.6 Å². The van der Waals surface area contributed by atoms with Gasteiger partial charge in [-0.05, 0) is 18.1 Å². The lowest BCUT2D eigenvalue weighted by Crippen LogP contribution is -2.41. The first-order valence-corrected chi connectivity index (χ1v) is 6.93. The van der Waals surface area contributed by atoms with E-state index < -0.39 is 0 Å². The molecule has 0 atom stereocenters. The van der Waals surface area contributed by atoms with Crippen LogP contribution in [0.5, 0.6) is 0 Å². The monoisotopic (exact) mass is 284 g/mol. The van der Waals surface area contributed by atoms with Crippen molar-refractivity contribution in [2.45, 2.75) is 26.3 Å². The summed E-state index contributed by atoms with van der Waals surface area (Å²) < 4.78 is 0. The van der Waals surface area contributed by atoms with E-state index in [1.165, 1.54) is 0 Å². The molecule has 0 radical (unpaired) electrons. The number of nitrogens with zero attached hydrogens (tertiary/aromatic N) is 1. The van der Waals surface area contributed by atoms with Crippen LogP contribution < -0.4 is 5.32 Å². The average molecular weight is 285 g/mol. The molecule has 106 valence electrons. The van der Waals surface area contributed by atoms with Crippen molar-refractivity contribution in [3.63, 3.8) is 0 Å². The van der Waals surface area contributed by atoms with Gasteiger partial charge in [0.05, 0.1) is 6.61 Å². The molecule has 0 aliphatic heterocycles. The van der Waals surface area contributed by atoms with E-state index in [2.05, 4.69) is 12.2 Å². The number of amides is 2. The number of benzene rings is 1. The lowest BCUT2D eigenvalue weighted by atomic mass is 10.2. The highest BCUT2D eigenvalue weighted by molar-refractivity contribution is 6.31. The molecule has 0 spiro atoms. The first kappa shape index (κ1) is 15.8. The Morgan fingerprint density at radius 1 is 1.37 bits per heavy atom. The lowest BCUT2D eigenvalue weighted by Gasteiger charge is -2.22. The van der Waals surface area contributed by atoms with Gasteiger partial charge in [-0.3, -0.25) is 0 Å². The van der Waals surface area contributed by atoms with Crippen molar-refractivity contribution in [2.75, 3.05) is 19.7 Å². The van der Waals surface area contributed by atoms with Gasteiger partial charge in [0.2, 0.25) is 0 Å². The number of urea groups is 1. The second-order valence-corrected chi connectivity index (χ2v) is 4.72. The molecule has 2 amide bonds. The molecule has 19 heavy (non-hydrogen) atoms. The fourth-order valence-electron chi connectivity index (χ4n) is 1.71. The third-order valence-electron chi connectivity index (χ3n) is 2.83. The summed E-state index contributed by atoms with van der Waals surface area (Å²) in [5, 5.41) is 12.4. The smallest absolute Gasteiger partial charge is 0.317 e. The minimum Gasteiger partial charge on any atom is -0.395 e. The van der Waals surface area contributed by atoms with Crippen molar-refractivity contribution in [1.82, 2.24) is 10.2 Å². The highest BCUT2D eigenvalue weighted by atomic mass is 35.5. The lowest BCUT2D eigenvalue weighted by molar-refractivity contribution is 0.176. The SMILES string of the molecule is CCCCN(CCO)C(=O)NCc1ccccc1Cl. The number of hydrogen-bond acceptors (Lipinski definition) is 2. The average Bonchev–Trinajstić information content (AvgIpc) is 2.42. The molecule has 0 fully saturated rings. The number of nitrogens with one attached hydrogen (secondary N) is 1. The quantitative estimate of drug-likeness (QED) is 0.809. The Morgan fingerprint density at radius 3 is 2.74 bits per heavy atom. The Balaban J connectivity index is 2.50. The maximum atomic E-state index is 12.0. The zero-order valence-electron chi connectivity index (χ0n) is 11.2. The number of aliphatic hydroxyl groups excluding tert-OH is 1. The van der Waals surface area contributed by atoms with Gasteiger partial charge in [-0.1, -0.05) is 43.1 Å². The van der Waals surface area contributed by atoms with E-state index in [1.807, 2.05) is 18.2 Å². The first-order valence-electron chi connectivity index (χ1n) is 6.56. The number of halogens is 1. The largest absolute Gasteiger partial charge is 0.395 e. The minimum atomic E-state index is -0.164. The van der Waals surface area contributed by atoms with E-state index in [0.717, 1.165) is 18.4 Å². The van der Waals surface area contributed by atoms with E-state index in [0.29, 0.717) is 24.7 Å². The van der Waals surface area contributed by atoms with Gasteiger partial charge in [0.1, 0.15) is 0 Å². The topological polar surface area (TPSA) is 52.6 Å². The zero-order valence-corrected chi connectivity index (χ0v) is 12.0.